The molecule has 0 aliphatic rings. The molecule has 3 aromatic rings. The zero-order valence-corrected chi connectivity index (χ0v) is 14.6. The fraction of sp³-hybridized carbons (Fsp3) is 0.167. The zero-order chi connectivity index (χ0) is 18.7. The third kappa shape index (κ3) is 3.44. The van der Waals surface area contributed by atoms with Crippen molar-refractivity contribution in [3.8, 4) is 22.9 Å². The number of H-pyrrole nitrogens is 1. The summed E-state index contributed by atoms with van der Waals surface area (Å²) < 4.78 is 6.99. The second kappa shape index (κ2) is 7.14. The van der Waals surface area contributed by atoms with Gasteiger partial charge in [-0.2, -0.15) is 10.2 Å². The van der Waals surface area contributed by atoms with Crippen LogP contribution in [-0.4, -0.2) is 38.6 Å². The zero-order valence-electron chi connectivity index (χ0n) is 14.6. The highest BCUT2D eigenvalue weighted by Crippen LogP contribution is 2.26. The average Bonchev–Trinajstić information content (AvgIpc) is 3.28. The van der Waals surface area contributed by atoms with E-state index in [1.54, 1.807) is 25.1 Å². The van der Waals surface area contributed by atoms with Crippen molar-refractivity contribution in [1.29, 1.82) is 0 Å². The van der Waals surface area contributed by atoms with Gasteiger partial charge in [0.2, 0.25) is 0 Å². The van der Waals surface area contributed by atoms with Crippen molar-refractivity contribution < 1.29 is 14.6 Å². The molecule has 0 fully saturated rings. The number of benzene rings is 1. The Kier molecular flexibility index (Phi) is 4.74. The second-order valence-corrected chi connectivity index (χ2v) is 5.70. The van der Waals surface area contributed by atoms with Crippen molar-refractivity contribution in [2.75, 3.05) is 7.11 Å². The van der Waals surface area contributed by atoms with Crippen molar-refractivity contribution >= 4 is 11.6 Å². The lowest BCUT2D eigenvalue weighted by Gasteiger charge is -2.06. The number of hydrogen-bond acceptors (Lipinski definition) is 5. The van der Waals surface area contributed by atoms with E-state index in [0.717, 1.165) is 5.69 Å². The number of amides is 1. The number of rotatable bonds is 5. The van der Waals surface area contributed by atoms with Gasteiger partial charge in [0.15, 0.2) is 11.5 Å². The van der Waals surface area contributed by atoms with Gasteiger partial charge in [0.1, 0.15) is 11.4 Å². The first-order chi connectivity index (χ1) is 12.5. The van der Waals surface area contributed by atoms with Gasteiger partial charge in [-0.05, 0) is 43.3 Å². The first-order valence-electron chi connectivity index (χ1n) is 7.88. The van der Waals surface area contributed by atoms with Crippen LogP contribution in [0.2, 0.25) is 0 Å². The SMILES string of the molecule is COc1cc(/C(C)=N/NC(=O)c2cc(-c3cccn3C)n[nH]2)ccc1O. The normalized spacial score (nSPS) is 11.4. The van der Waals surface area contributed by atoms with Crippen molar-refractivity contribution in [2.24, 2.45) is 12.1 Å². The molecular weight excluding hydrogens is 334 g/mol. The lowest BCUT2D eigenvalue weighted by atomic mass is 10.1. The number of aromatic hydroxyl groups is 1. The summed E-state index contributed by atoms with van der Waals surface area (Å²) in [4.78, 5) is 12.3. The maximum atomic E-state index is 12.3. The van der Waals surface area contributed by atoms with Gasteiger partial charge in [-0.15, -0.1) is 0 Å². The molecular formula is C18H19N5O3. The van der Waals surface area contributed by atoms with E-state index < -0.39 is 5.91 Å². The fourth-order valence-corrected chi connectivity index (χ4v) is 2.46. The molecule has 0 saturated carbocycles. The molecule has 0 radical (unpaired) electrons. The molecule has 0 aliphatic heterocycles. The summed E-state index contributed by atoms with van der Waals surface area (Å²) in [5.74, 6) is -0.0223. The van der Waals surface area contributed by atoms with E-state index in [-0.39, 0.29) is 5.75 Å². The largest absolute Gasteiger partial charge is 0.504 e. The van der Waals surface area contributed by atoms with Crippen LogP contribution in [0.25, 0.3) is 11.4 Å². The molecule has 0 saturated heterocycles. The van der Waals surface area contributed by atoms with E-state index in [1.807, 2.05) is 29.9 Å². The summed E-state index contributed by atoms with van der Waals surface area (Å²) in [6, 6.07) is 10.3. The van der Waals surface area contributed by atoms with Crippen LogP contribution in [0.3, 0.4) is 0 Å². The van der Waals surface area contributed by atoms with Crippen LogP contribution in [0.15, 0.2) is 47.7 Å². The van der Waals surface area contributed by atoms with Gasteiger partial charge in [-0.1, -0.05) is 0 Å². The molecule has 0 unspecified atom stereocenters. The van der Waals surface area contributed by atoms with Gasteiger partial charge in [0.05, 0.1) is 18.5 Å². The number of aromatic nitrogens is 3. The number of ether oxygens (including phenoxy) is 1. The number of aryl methyl sites for hydroxylation is 1. The van der Waals surface area contributed by atoms with Crippen LogP contribution < -0.4 is 10.2 Å². The molecule has 8 heteroatoms. The Morgan fingerprint density at radius 2 is 2.15 bits per heavy atom. The Bertz CT molecular complexity index is 971. The molecule has 1 aromatic carbocycles. The summed E-state index contributed by atoms with van der Waals surface area (Å²) in [5.41, 5.74) is 5.65. The van der Waals surface area contributed by atoms with Crippen molar-refractivity contribution in [2.45, 2.75) is 6.92 Å². The van der Waals surface area contributed by atoms with Gasteiger partial charge in [-0.25, -0.2) is 5.43 Å². The number of phenolic OH excluding ortho intramolecular Hbond substituents is 1. The summed E-state index contributed by atoms with van der Waals surface area (Å²) in [6.07, 6.45) is 1.91. The molecule has 0 atom stereocenters. The Morgan fingerprint density at radius 3 is 2.85 bits per heavy atom. The molecule has 134 valence electrons. The van der Waals surface area contributed by atoms with E-state index in [2.05, 4.69) is 20.7 Å². The number of carbonyl (C=O) groups excluding carboxylic acids is 1. The molecule has 0 aliphatic carbocycles. The molecule has 26 heavy (non-hydrogen) atoms. The topological polar surface area (TPSA) is 105 Å². The summed E-state index contributed by atoms with van der Waals surface area (Å²) in [5, 5.41) is 20.6. The van der Waals surface area contributed by atoms with Crippen LogP contribution in [-0.2, 0) is 7.05 Å². The third-order valence-electron chi connectivity index (χ3n) is 3.95. The number of phenols is 1. The van der Waals surface area contributed by atoms with Gasteiger partial charge in [-0.3, -0.25) is 9.89 Å². The number of carbonyl (C=O) groups is 1. The van der Waals surface area contributed by atoms with E-state index in [1.165, 1.54) is 13.2 Å². The molecule has 3 rings (SSSR count). The minimum absolute atomic E-state index is 0.0405. The predicted octanol–water partition coefficient (Wildman–Crippen LogP) is 2.28. The predicted molar refractivity (Wildman–Crippen MR) is 97.3 cm³/mol. The van der Waals surface area contributed by atoms with Crippen molar-refractivity contribution in [3.63, 3.8) is 0 Å². The van der Waals surface area contributed by atoms with Crippen LogP contribution >= 0.6 is 0 Å². The maximum absolute atomic E-state index is 12.3. The third-order valence-corrected chi connectivity index (χ3v) is 3.95. The smallest absolute Gasteiger partial charge is 0.289 e. The molecule has 8 nitrogen and oxygen atoms in total. The minimum Gasteiger partial charge on any atom is -0.504 e. The summed E-state index contributed by atoms with van der Waals surface area (Å²) in [7, 11) is 3.37. The van der Waals surface area contributed by atoms with E-state index >= 15 is 0 Å². The Morgan fingerprint density at radius 1 is 1.35 bits per heavy atom. The first kappa shape index (κ1) is 17.3. The van der Waals surface area contributed by atoms with Crippen LogP contribution in [0.1, 0.15) is 23.0 Å². The van der Waals surface area contributed by atoms with E-state index in [4.69, 9.17) is 4.74 Å². The van der Waals surface area contributed by atoms with Crippen LogP contribution in [0.5, 0.6) is 11.5 Å². The number of nitrogens with zero attached hydrogens (tertiary/aromatic N) is 3. The highest BCUT2D eigenvalue weighted by Gasteiger charge is 2.12. The molecule has 0 bridgehead atoms. The van der Waals surface area contributed by atoms with Gasteiger partial charge in [0.25, 0.3) is 5.91 Å². The standard InChI is InChI=1S/C18H19N5O3/c1-11(12-6-7-16(24)17(9-12)26-3)19-22-18(25)14-10-13(20-21-14)15-5-4-8-23(15)2/h4-10,24H,1-3H3,(H,20,21)(H,22,25)/b19-11+. The van der Waals surface area contributed by atoms with Crippen LogP contribution in [0.4, 0.5) is 0 Å². The molecule has 2 heterocycles. The van der Waals surface area contributed by atoms with Gasteiger partial charge in [0, 0.05) is 18.8 Å². The quantitative estimate of drug-likeness (QED) is 0.483. The Labute approximate surface area is 150 Å². The second-order valence-electron chi connectivity index (χ2n) is 5.70. The monoisotopic (exact) mass is 353 g/mol. The lowest BCUT2D eigenvalue weighted by Crippen LogP contribution is -2.19. The number of methoxy groups -OCH3 is 1. The number of nitrogens with one attached hydrogen (secondary N) is 2. The minimum atomic E-state index is -0.400. The molecule has 3 N–H and O–H groups in total. The highest BCUT2D eigenvalue weighted by atomic mass is 16.5. The molecule has 0 spiro atoms. The Hall–Kier alpha value is -3.55. The van der Waals surface area contributed by atoms with Gasteiger partial charge < -0.3 is 14.4 Å². The van der Waals surface area contributed by atoms with Crippen molar-refractivity contribution in [3.05, 3.63) is 53.9 Å². The summed E-state index contributed by atoms with van der Waals surface area (Å²) >= 11 is 0. The lowest BCUT2D eigenvalue weighted by molar-refractivity contribution is 0.0950. The Balaban J connectivity index is 1.73. The highest BCUT2D eigenvalue weighted by molar-refractivity contribution is 6.01. The number of aromatic amines is 1. The van der Waals surface area contributed by atoms with E-state index in [0.29, 0.717) is 28.4 Å². The van der Waals surface area contributed by atoms with Crippen molar-refractivity contribution in [1.82, 2.24) is 20.2 Å². The first-order valence-corrected chi connectivity index (χ1v) is 7.88. The summed E-state index contributed by atoms with van der Waals surface area (Å²) in [6.45, 7) is 1.74. The fourth-order valence-electron chi connectivity index (χ4n) is 2.46. The van der Waals surface area contributed by atoms with Gasteiger partial charge >= 0.3 is 0 Å². The number of hydrazone groups is 1. The number of hydrogen-bond donors (Lipinski definition) is 3. The van der Waals surface area contributed by atoms with E-state index in [9.17, 15) is 9.90 Å². The average molecular weight is 353 g/mol. The molecule has 2 aromatic heterocycles. The molecule has 1 amide bonds. The van der Waals surface area contributed by atoms with Crippen LogP contribution in [0, 0.1) is 0 Å². The maximum Gasteiger partial charge on any atom is 0.289 e.